The third-order valence-corrected chi connectivity index (χ3v) is 4.41. The molecule has 0 saturated heterocycles. The number of anilines is 3. The first-order chi connectivity index (χ1) is 14.6. The Morgan fingerprint density at radius 2 is 1.97 bits per heavy atom. The van der Waals surface area contributed by atoms with E-state index in [1.807, 2.05) is 13.8 Å². The van der Waals surface area contributed by atoms with Crippen molar-refractivity contribution in [1.29, 1.82) is 0 Å². The lowest BCUT2D eigenvalue weighted by Crippen LogP contribution is -2.20. The van der Waals surface area contributed by atoms with Gasteiger partial charge in [-0.1, -0.05) is 19.9 Å². The maximum absolute atomic E-state index is 13.2. The summed E-state index contributed by atoms with van der Waals surface area (Å²) in [5.74, 6) is -0.820. The van der Waals surface area contributed by atoms with E-state index < -0.39 is 17.7 Å². The number of hydrogen-bond acceptors (Lipinski definition) is 6. The number of hydrogen-bond donors (Lipinski definition) is 2. The fourth-order valence-electron chi connectivity index (χ4n) is 2.87. The number of alkyl halides is 3. The third kappa shape index (κ3) is 4.96. The van der Waals surface area contributed by atoms with Gasteiger partial charge in [0.05, 0.1) is 11.8 Å². The molecule has 0 aliphatic carbocycles. The second kappa shape index (κ2) is 8.66. The molecule has 3 aromatic rings. The number of nitrogens with zero attached hydrogens (tertiary/aromatic N) is 3. The molecule has 2 heterocycles. The van der Waals surface area contributed by atoms with Gasteiger partial charge in [-0.05, 0) is 36.2 Å². The highest BCUT2D eigenvalue weighted by atomic mass is 19.4. The predicted octanol–water partition coefficient (Wildman–Crippen LogP) is 5.29. The standard InChI is InChI=1S/C21H21F3N4O3/c1-12(2)11-25-20-26-17(15-8-5-9-31-15)16(19(29)30)18(27-20)28(3)14-7-4-6-13(10-14)21(22,23)24/h4-10,12H,11H2,1-3H3,(H,29,30)(H,25,26,27). The molecule has 0 fully saturated rings. The van der Waals surface area contributed by atoms with Crippen LogP contribution in [0.1, 0.15) is 29.8 Å². The van der Waals surface area contributed by atoms with Crippen LogP contribution in [0.5, 0.6) is 0 Å². The van der Waals surface area contributed by atoms with Crippen LogP contribution >= 0.6 is 0 Å². The Bertz CT molecular complexity index is 1070. The largest absolute Gasteiger partial charge is 0.477 e. The third-order valence-electron chi connectivity index (χ3n) is 4.41. The van der Waals surface area contributed by atoms with Crippen LogP contribution in [-0.4, -0.2) is 34.6 Å². The van der Waals surface area contributed by atoms with Crippen molar-refractivity contribution in [2.24, 2.45) is 5.92 Å². The van der Waals surface area contributed by atoms with Gasteiger partial charge < -0.3 is 19.7 Å². The summed E-state index contributed by atoms with van der Waals surface area (Å²) in [6, 6.07) is 7.70. The van der Waals surface area contributed by atoms with Crippen molar-refractivity contribution < 1.29 is 27.5 Å². The van der Waals surface area contributed by atoms with E-state index in [1.165, 1.54) is 30.3 Å². The van der Waals surface area contributed by atoms with E-state index in [4.69, 9.17) is 4.42 Å². The smallest absolute Gasteiger partial charge is 0.416 e. The molecule has 3 rings (SSSR count). The normalized spacial score (nSPS) is 11.6. The number of halogens is 3. The SMILES string of the molecule is CC(C)CNc1nc(-c2ccco2)c(C(=O)O)c(N(C)c2cccc(C(F)(F)F)c2)n1. The Balaban J connectivity index is 2.18. The van der Waals surface area contributed by atoms with E-state index in [1.54, 1.807) is 12.1 Å². The molecule has 0 spiro atoms. The summed E-state index contributed by atoms with van der Waals surface area (Å²) < 4.78 is 44.9. The first kappa shape index (κ1) is 22.1. The predicted molar refractivity (Wildman–Crippen MR) is 110 cm³/mol. The van der Waals surface area contributed by atoms with Gasteiger partial charge in [0.2, 0.25) is 5.95 Å². The van der Waals surface area contributed by atoms with Crippen molar-refractivity contribution in [1.82, 2.24) is 9.97 Å². The van der Waals surface area contributed by atoms with Crippen LogP contribution in [0.25, 0.3) is 11.5 Å². The number of carboxylic acid groups (broad SMARTS) is 1. The molecule has 0 aliphatic rings. The molecule has 0 unspecified atom stereocenters. The van der Waals surface area contributed by atoms with Gasteiger partial charge in [0.25, 0.3) is 0 Å². The van der Waals surface area contributed by atoms with Crippen molar-refractivity contribution in [2.75, 3.05) is 23.8 Å². The van der Waals surface area contributed by atoms with Gasteiger partial charge >= 0.3 is 12.1 Å². The zero-order valence-electron chi connectivity index (χ0n) is 17.1. The molecule has 1 aromatic carbocycles. The summed E-state index contributed by atoms with van der Waals surface area (Å²) in [6.07, 6.45) is -3.16. The summed E-state index contributed by atoms with van der Waals surface area (Å²) in [4.78, 5) is 22.0. The van der Waals surface area contributed by atoms with Crippen LogP contribution in [0.15, 0.2) is 47.1 Å². The number of furan rings is 1. The van der Waals surface area contributed by atoms with Gasteiger partial charge in [-0.15, -0.1) is 0 Å². The highest BCUT2D eigenvalue weighted by Crippen LogP contribution is 2.36. The Hall–Kier alpha value is -3.56. The van der Waals surface area contributed by atoms with Crippen molar-refractivity contribution in [2.45, 2.75) is 20.0 Å². The molecule has 31 heavy (non-hydrogen) atoms. The summed E-state index contributed by atoms with van der Waals surface area (Å²) >= 11 is 0. The maximum atomic E-state index is 13.2. The number of carbonyl (C=O) groups is 1. The van der Waals surface area contributed by atoms with E-state index in [-0.39, 0.29) is 40.4 Å². The molecule has 164 valence electrons. The Morgan fingerprint density at radius 1 is 1.23 bits per heavy atom. The molecule has 7 nitrogen and oxygen atoms in total. The average molecular weight is 434 g/mol. The van der Waals surface area contributed by atoms with Gasteiger partial charge in [0, 0.05) is 19.3 Å². The molecular weight excluding hydrogens is 413 g/mol. The molecule has 0 saturated carbocycles. The molecule has 2 N–H and O–H groups in total. The summed E-state index contributed by atoms with van der Waals surface area (Å²) in [6.45, 7) is 4.46. The van der Waals surface area contributed by atoms with Crippen LogP contribution in [0, 0.1) is 5.92 Å². The second-order valence-electron chi connectivity index (χ2n) is 7.26. The maximum Gasteiger partial charge on any atom is 0.416 e. The first-order valence-corrected chi connectivity index (χ1v) is 9.42. The summed E-state index contributed by atoms with van der Waals surface area (Å²) in [5, 5.41) is 12.9. The Labute approximate surface area is 176 Å². The molecule has 0 radical (unpaired) electrons. The van der Waals surface area contributed by atoms with Gasteiger partial charge in [-0.3, -0.25) is 0 Å². The fourth-order valence-corrected chi connectivity index (χ4v) is 2.87. The van der Waals surface area contributed by atoms with Crippen molar-refractivity contribution in [3.63, 3.8) is 0 Å². The monoisotopic (exact) mass is 434 g/mol. The molecule has 0 aliphatic heterocycles. The van der Waals surface area contributed by atoms with E-state index in [2.05, 4.69) is 15.3 Å². The second-order valence-corrected chi connectivity index (χ2v) is 7.26. The number of nitrogens with one attached hydrogen (secondary N) is 1. The van der Waals surface area contributed by atoms with E-state index >= 15 is 0 Å². The molecule has 2 aromatic heterocycles. The lowest BCUT2D eigenvalue weighted by molar-refractivity contribution is -0.137. The quantitative estimate of drug-likeness (QED) is 0.522. The van der Waals surface area contributed by atoms with Gasteiger partial charge in [-0.2, -0.15) is 18.2 Å². The van der Waals surface area contributed by atoms with E-state index in [0.717, 1.165) is 12.1 Å². The molecular formula is C21H21F3N4O3. The molecule has 0 bridgehead atoms. The number of aromatic carboxylic acids is 1. The zero-order chi connectivity index (χ0) is 22.8. The van der Waals surface area contributed by atoms with Crippen molar-refractivity contribution in [3.05, 3.63) is 53.8 Å². The van der Waals surface area contributed by atoms with Gasteiger partial charge in [0.15, 0.2) is 11.6 Å². The lowest BCUT2D eigenvalue weighted by Gasteiger charge is -2.23. The van der Waals surface area contributed by atoms with Gasteiger partial charge in [-0.25, -0.2) is 9.78 Å². The van der Waals surface area contributed by atoms with Crippen LogP contribution in [0.3, 0.4) is 0 Å². The molecule has 0 atom stereocenters. The highest BCUT2D eigenvalue weighted by Gasteiger charge is 2.31. The Kier molecular flexibility index (Phi) is 6.19. The number of rotatable bonds is 7. The van der Waals surface area contributed by atoms with Gasteiger partial charge in [0.1, 0.15) is 11.3 Å². The highest BCUT2D eigenvalue weighted by molar-refractivity contribution is 6.00. The first-order valence-electron chi connectivity index (χ1n) is 9.42. The lowest BCUT2D eigenvalue weighted by atomic mass is 10.1. The summed E-state index contributed by atoms with van der Waals surface area (Å²) in [7, 11) is 1.45. The molecule has 0 amide bonds. The van der Waals surface area contributed by atoms with Crippen molar-refractivity contribution in [3.8, 4) is 11.5 Å². The van der Waals surface area contributed by atoms with Crippen LogP contribution in [0.2, 0.25) is 0 Å². The minimum atomic E-state index is -4.54. The number of aromatic nitrogens is 2. The van der Waals surface area contributed by atoms with Crippen LogP contribution < -0.4 is 10.2 Å². The topological polar surface area (TPSA) is 91.5 Å². The number of carboxylic acids is 1. The van der Waals surface area contributed by atoms with Crippen LogP contribution in [0.4, 0.5) is 30.6 Å². The average Bonchev–Trinajstić information content (AvgIpc) is 3.25. The van der Waals surface area contributed by atoms with E-state index in [0.29, 0.717) is 6.54 Å². The number of benzene rings is 1. The van der Waals surface area contributed by atoms with Crippen LogP contribution in [-0.2, 0) is 6.18 Å². The zero-order valence-corrected chi connectivity index (χ0v) is 17.1. The Morgan fingerprint density at radius 3 is 2.55 bits per heavy atom. The fraction of sp³-hybridized carbons (Fsp3) is 0.286. The molecule has 10 heteroatoms. The van der Waals surface area contributed by atoms with Crippen molar-refractivity contribution >= 4 is 23.4 Å². The van der Waals surface area contributed by atoms with E-state index in [9.17, 15) is 23.1 Å². The minimum Gasteiger partial charge on any atom is -0.477 e. The minimum absolute atomic E-state index is 0.0209. The summed E-state index contributed by atoms with van der Waals surface area (Å²) in [5.41, 5.74) is -0.999.